The third-order valence-electron chi connectivity index (χ3n) is 2.13. The Bertz CT molecular complexity index is 372. The van der Waals surface area contributed by atoms with Gasteiger partial charge in [0, 0.05) is 0 Å². The van der Waals surface area contributed by atoms with Crippen LogP contribution in [0.15, 0.2) is 18.2 Å². The molecular formula is C13H17ClO2. The average molecular weight is 241 g/mol. The predicted molar refractivity (Wildman–Crippen MR) is 66.6 cm³/mol. The molecule has 0 heterocycles. The zero-order chi connectivity index (χ0) is 12.1. The SMILES string of the molecule is Cc1ccc(OCC(C)C)c(C(=O)CCl)c1. The number of aryl methyl sites for hydroxylation is 1. The number of benzene rings is 1. The first-order valence-electron chi connectivity index (χ1n) is 5.37. The summed E-state index contributed by atoms with van der Waals surface area (Å²) in [4.78, 5) is 11.6. The summed E-state index contributed by atoms with van der Waals surface area (Å²) in [6, 6.07) is 5.58. The van der Waals surface area contributed by atoms with Gasteiger partial charge in [0.05, 0.1) is 18.1 Å². The highest BCUT2D eigenvalue weighted by atomic mass is 35.5. The number of carbonyl (C=O) groups excluding carboxylic acids is 1. The molecule has 2 nitrogen and oxygen atoms in total. The molecule has 1 rings (SSSR count). The van der Waals surface area contributed by atoms with Crippen molar-refractivity contribution in [2.24, 2.45) is 5.92 Å². The van der Waals surface area contributed by atoms with Gasteiger partial charge in [-0.1, -0.05) is 25.5 Å². The van der Waals surface area contributed by atoms with Gasteiger partial charge in [0.25, 0.3) is 0 Å². The first-order chi connectivity index (χ1) is 7.54. The number of rotatable bonds is 5. The van der Waals surface area contributed by atoms with Crippen molar-refractivity contribution < 1.29 is 9.53 Å². The second kappa shape index (κ2) is 5.90. The van der Waals surface area contributed by atoms with E-state index in [1.165, 1.54) is 0 Å². The molecule has 0 spiro atoms. The maximum Gasteiger partial charge on any atom is 0.181 e. The maximum atomic E-state index is 11.6. The number of hydrogen-bond donors (Lipinski definition) is 0. The van der Waals surface area contributed by atoms with Crippen molar-refractivity contribution in [3.05, 3.63) is 29.3 Å². The van der Waals surface area contributed by atoms with Crippen molar-refractivity contribution in [3.8, 4) is 5.75 Å². The van der Waals surface area contributed by atoms with Gasteiger partial charge in [-0.15, -0.1) is 11.6 Å². The Kier molecular flexibility index (Phi) is 4.81. The van der Waals surface area contributed by atoms with Crippen molar-refractivity contribution >= 4 is 17.4 Å². The molecule has 0 saturated carbocycles. The third kappa shape index (κ3) is 3.53. The number of alkyl halides is 1. The average Bonchev–Trinajstić information content (AvgIpc) is 2.26. The summed E-state index contributed by atoms with van der Waals surface area (Å²) in [5, 5.41) is 0. The van der Waals surface area contributed by atoms with E-state index in [4.69, 9.17) is 16.3 Å². The van der Waals surface area contributed by atoms with E-state index < -0.39 is 0 Å². The van der Waals surface area contributed by atoms with Crippen LogP contribution in [0.5, 0.6) is 5.75 Å². The molecule has 3 heteroatoms. The van der Waals surface area contributed by atoms with Crippen LogP contribution in [-0.2, 0) is 0 Å². The molecule has 0 aromatic heterocycles. The molecule has 16 heavy (non-hydrogen) atoms. The van der Waals surface area contributed by atoms with Gasteiger partial charge in [0.2, 0.25) is 0 Å². The van der Waals surface area contributed by atoms with Crippen molar-refractivity contribution in [1.82, 2.24) is 0 Å². The number of hydrogen-bond acceptors (Lipinski definition) is 2. The second-order valence-corrected chi connectivity index (χ2v) is 4.53. The first-order valence-corrected chi connectivity index (χ1v) is 5.90. The normalized spacial score (nSPS) is 10.6. The quantitative estimate of drug-likeness (QED) is 0.582. The molecule has 0 fully saturated rings. The van der Waals surface area contributed by atoms with Crippen LogP contribution in [0.4, 0.5) is 0 Å². The van der Waals surface area contributed by atoms with Gasteiger partial charge in [0.15, 0.2) is 5.78 Å². The lowest BCUT2D eigenvalue weighted by molar-refractivity contribution is 0.101. The van der Waals surface area contributed by atoms with Crippen LogP contribution in [0.25, 0.3) is 0 Å². The lowest BCUT2D eigenvalue weighted by atomic mass is 10.1. The van der Waals surface area contributed by atoms with Crippen LogP contribution in [0.3, 0.4) is 0 Å². The lowest BCUT2D eigenvalue weighted by Crippen LogP contribution is -2.09. The molecule has 0 unspecified atom stereocenters. The van der Waals surface area contributed by atoms with Gasteiger partial charge in [-0.2, -0.15) is 0 Å². The van der Waals surface area contributed by atoms with Crippen LogP contribution in [0.2, 0.25) is 0 Å². The molecule has 0 saturated heterocycles. The summed E-state index contributed by atoms with van der Waals surface area (Å²) in [5.74, 6) is 0.955. The van der Waals surface area contributed by atoms with Crippen LogP contribution in [0, 0.1) is 12.8 Å². The monoisotopic (exact) mass is 240 g/mol. The fourth-order valence-electron chi connectivity index (χ4n) is 1.32. The first kappa shape index (κ1) is 13.0. The van der Waals surface area contributed by atoms with Crippen molar-refractivity contribution in [2.45, 2.75) is 20.8 Å². The minimum atomic E-state index is -0.0934. The van der Waals surface area contributed by atoms with Crippen LogP contribution >= 0.6 is 11.6 Å². The molecule has 1 aromatic carbocycles. The molecule has 88 valence electrons. The standard InChI is InChI=1S/C13H17ClO2/c1-9(2)8-16-13-5-4-10(3)6-11(13)12(15)7-14/h4-6,9H,7-8H2,1-3H3. The van der Waals surface area contributed by atoms with Crippen LogP contribution < -0.4 is 4.74 Å². The number of carbonyl (C=O) groups is 1. The number of halogens is 1. The summed E-state index contributed by atoms with van der Waals surface area (Å²) in [6.45, 7) is 6.68. The van der Waals surface area contributed by atoms with Gasteiger partial charge in [0.1, 0.15) is 5.75 Å². The van der Waals surface area contributed by atoms with Gasteiger partial charge in [-0.25, -0.2) is 0 Å². The summed E-state index contributed by atoms with van der Waals surface area (Å²) in [6.07, 6.45) is 0. The van der Waals surface area contributed by atoms with E-state index in [1.54, 1.807) is 0 Å². The van der Waals surface area contributed by atoms with Gasteiger partial charge in [-0.3, -0.25) is 4.79 Å². The van der Waals surface area contributed by atoms with Crippen molar-refractivity contribution in [1.29, 1.82) is 0 Å². The molecule has 0 bridgehead atoms. The fraction of sp³-hybridized carbons (Fsp3) is 0.462. The van der Waals surface area contributed by atoms with E-state index in [2.05, 4.69) is 13.8 Å². The van der Waals surface area contributed by atoms with Crippen molar-refractivity contribution in [2.75, 3.05) is 12.5 Å². The third-order valence-corrected chi connectivity index (χ3v) is 2.37. The van der Waals surface area contributed by atoms with Gasteiger partial charge >= 0.3 is 0 Å². The molecule has 0 atom stereocenters. The Balaban J connectivity index is 2.93. The molecular weight excluding hydrogens is 224 g/mol. The largest absolute Gasteiger partial charge is 0.493 e. The highest BCUT2D eigenvalue weighted by molar-refractivity contribution is 6.30. The zero-order valence-corrected chi connectivity index (χ0v) is 10.7. The van der Waals surface area contributed by atoms with E-state index in [9.17, 15) is 4.79 Å². The van der Waals surface area contributed by atoms with Crippen LogP contribution in [0.1, 0.15) is 29.8 Å². The minimum absolute atomic E-state index is 0.0124. The number of Topliss-reactive ketones (excluding diaryl/α,β-unsaturated/α-hetero) is 1. The van der Waals surface area contributed by atoms with E-state index in [-0.39, 0.29) is 11.7 Å². The van der Waals surface area contributed by atoms with Gasteiger partial charge in [-0.05, 0) is 25.0 Å². The van der Waals surface area contributed by atoms with E-state index in [1.807, 2.05) is 25.1 Å². The number of ether oxygens (including phenoxy) is 1. The Morgan fingerprint density at radius 3 is 2.69 bits per heavy atom. The molecule has 1 aromatic rings. The molecule has 0 radical (unpaired) electrons. The highest BCUT2D eigenvalue weighted by Crippen LogP contribution is 2.21. The zero-order valence-electron chi connectivity index (χ0n) is 9.92. The highest BCUT2D eigenvalue weighted by Gasteiger charge is 2.12. The summed E-state index contributed by atoms with van der Waals surface area (Å²) >= 11 is 5.57. The molecule has 0 aliphatic rings. The molecule has 0 amide bonds. The van der Waals surface area contributed by atoms with Gasteiger partial charge < -0.3 is 4.74 Å². The Morgan fingerprint density at radius 1 is 1.44 bits per heavy atom. The smallest absolute Gasteiger partial charge is 0.181 e. The lowest BCUT2D eigenvalue weighted by Gasteiger charge is -2.12. The summed E-state index contributed by atoms with van der Waals surface area (Å²) < 4.78 is 5.60. The van der Waals surface area contributed by atoms with E-state index in [0.717, 1.165) is 5.56 Å². The van der Waals surface area contributed by atoms with Crippen molar-refractivity contribution in [3.63, 3.8) is 0 Å². The Labute approximate surface area is 102 Å². The molecule has 0 aliphatic heterocycles. The minimum Gasteiger partial charge on any atom is -0.493 e. The predicted octanol–water partition coefficient (Wildman–Crippen LogP) is 3.45. The van der Waals surface area contributed by atoms with Crippen LogP contribution in [-0.4, -0.2) is 18.3 Å². The second-order valence-electron chi connectivity index (χ2n) is 4.26. The number of ketones is 1. The summed E-state index contributed by atoms with van der Waals surface area (Å²) in [7, 11) is 0. The van der Waals surface area contributed by atoms with E-state index >= 15 is 0 Å². The Hall–Kier alpha value is -1.02. The Morgan fingerprint density at radius 2 is 2.12 bits per heavy atom. The maximum absolute atomic E-state index is 11.6. The van der Waals surface area contributed by atoms with E-state index in [0.29, 0.717) is 23.8 Å². The topological polar surface area (TPSA) is 26.3 Å². The summed E-state index contributed by atoms with van der Waals surface area (Å²) in [5.41, 5.74) is 1.61. The molecule has 0 aliphatic carbocycles. The fourth-order valence-corrected chi connectivity index (χ4v) is 1.46. The molecule has 0 N–H and O–H groups in total.